The van der Waals surface area contributed by atoms with Crippen molar-refractivity contribution in [3.63, 3.8) is 0 Å². The minimum Gasteiger partial charge on any atom is -0.451 e. The highest BCUT2D eigenvalue weighted by Gasteiger charge is 2.33. The van der Waals surface area contributed by atoms with Crippen LogP contribution in [0, 0.1) is 11.7 Å². The summed E-state index contributed by atoms with van der Waals surface area (Å²) in [6.07, 6.45) is -0.671. The first-order valence-corrected chi connectivity index (χ1v) is 6.09. The molecular formula is C13H14FN3O3. The number of carbonyl (C=O) groups excluding carboxylic acids is 2. The predicted octanol–water partition coefficient (Wildman–Crippen LogP) is 1.88. The number of rotatable bonds is 2. The van der Waals surface area contributed by atoms with Crippen molar-refractivity contribution in [3.8, 4) is 0 Å². The van der Waals surface area contributed by atoms with E-state index in [1.54, 1.807) is 6.07 Å². The zero-order chi connectivity index (χ0) is 14.7. The quantitative estimate of drug-likeness (QED) is 0.867. The van der Waals surface area contributed by atoms with Gasteiger partial charge in [0.15, 0.2) is 6.10 Å². The lowest BCUT2D eigenvalue weighted by Crippen LogP contribution is -2.28. The molecule has 1 saturated heterocycles. The summed E-state index contributed by atoms with van der Waals surface area (Å²) in [7, 11) is 0. The number of urea groups is 1. The second-order valence-corrected chi connectivity index (χ2v) is 4.60. The van der Waals surface area contributed by atoms with Gasteiger partial charge in [-0.25, -0.2) is 9.18 Å². The maximum atomic E-state index is 13.3. The second-order valence-electron chi connectivity index (χ2n) is 4.60. The highest BCUT2D eigenvalue weighted by molar-refractivity contribution is 6.07. The minimum atomic E-state index is -0.824. The molecule has 7 heteroatoms. The third kappa shape index (κ3) is 3.11. The van der Waals surface area contributed by atoms with Gasteiger partial charge in [-0.15, -0.1) is 4.99 Å². The molecule has 0 aromatic heterocycles. The molecule has 6 nitrogen and oxygen atoms in total. The van der Waals surface area contributed by atoms with Gasteiger partial charge < -0.3 is 10.1 Å². The van der Waals surface area contributed by atoms with Gasteiger partial charge in [-0.3, -0.25) is 10.1 Å². The smallest absolute Gasteiger partial charge is 0.350 e. The van der Waals surface area contributed by atoms with Gasteiger partial charge in [-0.2, -0.15) is 0 Å². The molecule has 1 aromatic rings. The number of halogens is 1. The van der Waals surface area contributed by atoms with Crippen LogP contribution < -0.4 is 10.6 Å². The van der Waals surface area contributed by atoms with Crippen LogP contribution in [-0.4, -0.2) is 24.1 Å². The van der Waals surface area contributed by atoms with Gasteiger partial charge in [0, 0.05) is 0 Å². The van der Waals surface area contributed by atoms with Crippen molar-refractivity contribution in [1.82, 2.24) is 5.32 Å². The third-order valence-electron chi connectivity index (χ3n) is 2.65. The summed E-state index contributed by atoms with van der Waals surface area (Å²) in [4.78, 5) is 26.7. The van der Waals surface area contributed by atoms with Gasteiger partial charge in [0.2, 0.25) is 0 Å². The number of nitrogens with zero attached hydrogens (tertiary/aromatic N) is 1. The van der Waals surface area contributed by atoms with Crippen LogP contribution in [0.2, 0.25) is 0 Å². The lowest BCUT2D eigenvalue weighted by molar-refractivity contribution is -0.124. The summed E-state index contributed by atoms with van der Waals surface area (Å²) >= 11 is 0. The van der Waals surface area contributed by atoms with Crippen LogP contribution in [-0.2, 0) is 9.53 Å². The molecule has 0 bridgehead atoms. The number of benzene rings is 1. The zero-order valence-corrected chi connectivity index (χ0v) is 11.0. The molecule has 1 fully saturated rings. The highest BCUT2D eigenvalue weighted by Crippen LogP contribution is 2.14. The van der Waals surface area contributed by atoms with Crippen molar-refractivity contribution in [2.24, 2.45) is 10.9 Å². The summed E-state index contributed by atoms with van der Waals surface area (Å²) < 4.78 is 18.5. The van der Waals surface area contributed by atoms with Gasteiger partial charge in [0.25, 0.3) is 5.91 Å². The first-order chi connectivity index (χ1) is 9.47. The van der Waals surface area contributed by atoms with Gasteiger partial charge in [-0.05, 0) is 18.1 Å². The minimum absolute atomic E-state index is 0.00610. The van der Waals surface area contributed by atoms with E-state index < -0.39 is 18.0 Å². The summed E-state index contributed by atoms with van der Waals surface area (Å²) in [5.41, 5.74) is 0.00610. The number of para-hydroxylation sites is 1. The van der Waals surface area contributed by atoms with E-state index in [1.807, 2.05) is 13.8 Å². The number of amides is 3. The summed E-state index contributed by atoms with van der Waals surface area (Å²) in [5, 5.41) is 4.61. The standard InChI is InChI=1S/C13H14FN3O3/c1-7(2)10-11(18)16-13(20-10)17-12(19)15-9-6-4-3-5-8(9)14/h3-7,10H,1-2H3,(H2,15,16,17,18,19). The number of anilines is 1. The fraction of sp³-hybridized carbons (Fsp3) is 0.308. The van der Waals surface area contributed by atoms with E-state index in [4.69, 9.17) is 4.74 Å². The van der Waals surface area contributed by atoms with Crippen molar-refractivity contribution in [2.45, 2.75) is 20.0 Å². The molecule has 0 saturated carbocycles. The van der Waals surface area contributed by atoms with E-state index >= 15 is 0 Å². The molecular weight excluding hydrogens is 265 g/mol. The fourth-order valence-electron chi connectivity index (χ4n) is 1.67. The van der Waals surface area contributed by atoms with Gasteiger partial charge in [0.1, 0.15) is 5.82 Å². The van der Waals surface area contributed by atoms with Crippen molar-refractivity contribution in [1.29, 1.82) is 0 Å². The molecule has 0 spiro atoms. The SMILES string of the molecule is CC(C)C1O/C(=N/C(=O)Nc2ccccc2F)NC1=O. The Bertz CT molecular complexity index is 572. The van der Waals surface area contributed by atoms with Crippen LogP contribution in [0.5, 0.6) is 0 Å². The molecule has 20 heavy (non-hydrogen) atoms. The first kappa shape index (κ1) is 14.0. The summed E-state index contributed by atoms with van der Waals surface area (Å²) in [5.74, 6) is -0.966. The molecule has 1 aliphatic heterocycles. The van der Waals surface area contributed by atoms with Gasteiger partial charge in [-0.1, -0.05) is 26.0 Å². The Balaban J connectivity index is 2.03. The van der Waals surface area contributed by atoms with Crippen molar-refractivity contribution in [3.05, 3.63) is 30.1 Å². The molecule has 1 aromatic carbocycles. The lowest BCUT2D eigenvalue weighted by Gasteiger charge is -2.09. The lowest BCUT2D eigenvalue weighted by atomic mass is 10.1. The molecule has 3 amide bonds. The van der Waals surface area contributed by atoms with Gasteiger partial charge in [0.05, 0.1) is 5.69 Å². The Morgan fingerprint density at radius 1 is 1.45 bits per heavy atom. The van der Waals surface area contributed by atoms with Crippen molar-refractivity contribution < 1.29 is 18.7 Å². The van der Waals surface area contributed by atoms with E-state index in [0.29, 0.717) is 0 Å². The Morgan fingerprint density at radius 2 is 2.15 bits per heavy atom. The number of amidine groups is 1. The number of hydrogen-bond acceptors (Lipinski definition) is 3. The average Bonchev–Trinajstić information content (AvgIpc) is 2.73. The van der Waals surface area contributed by atoms with Gasteiger partial charge >= 0.3 is 12.1 Å². The summed E-state index contributed by atoms with van der Waals surface area (Å²) in [6, 6.07) is 4.69. The highest BCUT2D eigenvalue weighted by atomic mass is 19.1. The first-order valence-electron chi connectivity index (χ1n) is 6.09. The van der Waals surface area contributed by atoms with Crippen LogP contribution in [0.15, 0.2) is 29.3 Å². The molecule has 2 rings (SSSR count). The number of aliphatic imine (C=N–C) groups is 1. The number of nitrogens with one attached hydrogen (secondary N) is 2. The molecule has 0 aliphatic carbocycles. The van der Waals surface area contributed by atoms with Crippen LogP contribution in [0.25, 0.3) is 0 Å². The van der Waals surface area contributed by atoms with E-state index in [1.165, 1.54) is 18.2 Å². The predicted molar refractivity (Wildman–Crippen MR) is 70.7 cm³/mol. The largest absolute Gasteiger partial charge is 0.451 e. The van der Waals surface area contributed by atoms with Crippen molar-refractivity contribution >= 4 is 23.6 Å². The zero-order valence-electron chi connectivity index (χ0n) is 11.0. The average molecular weight is 279 g/mol. The Morgan fingerprint density at radius 3 is 2.75 bits per heavy atom. The number of carbonyl (C=O) groups is 2. The second kappa shape index (κ2) is 5.68. The monoisotopic (exact) mass is 279 g/mol. The van der Waals surface area contributed by atoms with E-state index in [9.17, 15) is 14.0 Å². The molecule has 2 N–H and O–H groups in total. The van der Waals surface area contributed by atoms with Crippen LogP contribution in [0.3, 0.4) is 0 Å². The maximum absolute atomic E-state index is 13.3. The topological polar surface area (TPSA) is 79.8 Å². The molecule has 1 atom stereocenters. The van der Waals surface area contributed by atoms with Crippen molar-refractivity contribution in [2.75, 3.05) is 5.32 Å². The van der Waals surface area contributed by atoms with Crippen LogP contribution in [0.4, 0.5) is 14.9 Å². The summed E-state index contributed by atoms with van der Waals surface area (Å²) in [6.45, 7) is 3.62. The maximum Gasteiger partial charge on any atom is 0.350 e. The molecule has 1 heterocycles. The van der Waals surface area contributed by atoms with E-state index in [-0.39, 0.29) is 23.5 Å². The molecule has 106 valence electrons. The fourth-order valence-corrected chi connectivity index (χ4v) is 1.67. The molecule has 1 aliphatic rings. The third-order valence-corrected chi connectivity index (χ3v) is 2.65. The number of hydrogen-bond donors (Lipinski definition) is 2. The van der Waals surface area contributed by atoms with E-state index in [0.717, 1.165) is 0 Å². The Labute approximate surface area is 115 Å². The van der Waals surface area contributed by atoms with E-state index in [2.05, 4.69) is 15.6 Å². The number of ether oxygens (including phenoxy) is 1. The van der Waals surface area contributed by atoms with Crippen LogP contribution >= 0.6 is 0 Å². The Kier molecular flexibility index (Phi) is 3.97. The van der Waals surface area contributed by atoms with Crippen LogP contribution in [0.1, 0.15) is 13.8 Å². The Hall–Kier alpha value is -2.44. The normalized spacial score (nSPS) is 19.9. The molecule has 1 unspecified atom stereocenters. The molecule has 0 radical (unpaired) electrons.